The van der Waals surface area contributed by atoms with Crippen LogP contribution < -0.4 is 4.74 Å². The maximum absolute atomic E-state index is 12.1. The zero-order chi connectivity index (χ0) is 20.3. The molecule has 3 rings (SSSR count). The van der Waals surface area contributed by atoms with E-state index in [1.54, 1.807) is 43.3 Å². The highest BCUT2D eigenvalue weighted by molar-refractivity contribution is 7.91. The summed E-state index contributed by atoms with van der Waals surface area (Å²) in [6.07, 6.45) is 0. The monoisotopic (exact) mass is 412 g/mol. The standard InChI is InChI=1S/C21H17ClN2O3S/c1-3-28(25,26)16-10-8-14(9-11-16)18-12-15(13-23)21(27-2)24-20(18)17-6-4-5-7-19(17)22/h4-12H,3H2,1-2H3. The zero-order valence-electron chi connectivity index (χ0n) is 15.3. The van der Waals surface area contributed by atoms with Gasteiger partial charge in [0.1, 0.15) is 11.6 Å². The van der Waals surface area contributed by atoms with E-state index >= 15 is 0 Å². The Labute approximate surface area is 169 Å². The third kappa shape index (κ3) is 3.72. The van der Waals surface area contributed by atoms with E-state index in [1.165, 1.54) is 7.11 Å². The number of pyridine rings is 1. The van der Waals surface area contributed by atoms with Gasteiger partial charge in [0.25, 0.3) is 0 Å². The van der Waals surface area contributed by atoms with Gasteiger partial charge >= 0.3 is 0 Å². The lowest BCUT2D eigenvalue weighted by molar-refractivity contribution is 0.397. The summed E-state index contributed by atoms with van der Waals surface area (Å²) in [7, 11) is -1.85. The first-order valence-corrected chi connectivity index (χ1v) is 10.5. The number of benzene rings is 2. The Morgan fingerprint density at radius 3 is 2.36 bits per heavy atom. The van der Waals surface area contributed by atoms with Crippen molar-refractivity contribution in [2.24, 2.45) is 0 Å². The number of halogens is 1. The van der Waals surface area contributed by atoms with Crippen molar-refractivity contribution in [2.45, 2.75) is 11.8 Å². The van der Waals surface area contributed by atoms with Gasteiger partial charge < -0.3 is 4.74 Å². The van der Waals surface area contributed by atoms with Crippen LogP contribution in [-0.2, 0) is 9.84 Å². The predicted molar refractivity (Wildman–Crippen MR) is 109 cm³/mol. The summed E-state index contributed by atoms with van der Waals surface area (Å²) in [5, 5.41) is 9.95. The van der Waals surface area contributed by atoms with Crippen LogP contribution in [0.4, 0.5) is 0 Å². The molecule has 0 saturated carbocycles. The van der Waals surface area contributed by atoms with E-state index in [1.807, 2.05) is 18.2 Å². The summed E-state index contributed by atoms with van der Waals surface area (Å²) in [5.74, 6) is 0.228. The summed E-state index contributed by atoms with van der Waals surface area (Å²) in [6, 6.07) is 17.5. The molecule has 0 aliphatic heterocycles. The van der Waals surface area contributed by atoms with E-state index in [2.05, 4.69) is 11.1 Å². The van der Waals surface area contributed by atoms with Gasteiger partial charge in [-0.25, -0.2) is 13.4 Å². The molecule has 5 nitrogen and oxygen atoms in total. The fraction of sp³-hybridized carbons (Fsp3) is 0.143. The minimum Gasteiger partial charge on any atom is -0.480 e. The maximum Gasteiger partial charge on any atom is 0.232 e. The van der Waals surface area contributed by atoms with Crippen LogP contribution in [0, 0.1) is 11.3 Å². The Morgan fingerprint density at radius 1 is 1.11 bits per heavy atom. The van der Waals surface area contributed by atoms with Crippen LogP contribution in [0.1, 0.15) is 12.5 Å². The van der Waals surface area contributed by atoms with Crippen LogP contribution in [0.2, 0.25) is 5.02 Å². The van der Waals surface area contributed by atoms with Gasteiger partial charge in [0.05, 0.1) is 23.5 Å². The van der Waals surface area contributed by atoms with Crippen LogP contribution in [0.15, 0.2) is 59.5 Å². The maximum atomic E-state index is 12.1. The third-order valence-electron chi connectivity index (χ3n) is 4.33. The first-order chi connectivity index (χ1) is 13.4. The zero-order valence-corrected chi connectivity index (χ0v) is 16.9. The highest BCUT2D eigenvalue weighted by Crippen LogP contribution is 2.37. The summed E-state index contributed by atoms with van der Waals surface area (Å²) >= 11 is 6.37. The van der Waals surface area contributed by atoms with Crippen LogP contribution in [-0.4, -0.2) is 26.3 Å². The summed E-state index contributed by atoms with van der Waals surface area (Å²) < 4.78 is 29.4. The summed E-state index contributed by atoms with van der Waals surface area (Å²) in [4.78, 5) is 4.76. The molecule has 0 aliphatic rings. The lowest BCUT2D eigenvalue weighted by atomic mass is 9.98. The predicted octanol–water partition coefficient (Wildman–Crippen LogP) is 4.74. The van der Waals surface area contributed by atoms with Gasteiger partial charge in [-0.05, 0) is 29.8 Å². The molecular formula is C21H17ClN2O3S. The van der Waals surface area contributed by atoms with Crippen molar-refractivity contribution in [2.75, 3.05) is 12.9 Å². The van der Waals surface area contributed by atoms with Crippen LogP contribution in [0.3, 0.4) is 0 Å². The number of nitriles is 1. The average Bonchev–Trinajstić information content (AvgIpc) is 2.73. The van der Waals surface area contributed by atoms with Crippen molar-refractivity contribution in [1.29, 1.82) is 5.26 Å². The second-order valence-corrected chi connectivity index (χ2v) is 8.65. The summed E-state index contributed by atoms with van der Waals surface area (Å²) in [6.45, 7) is 1.60. The highest BCUT2D eigenvalue weighted by Gasteiger charge is 2.18. The van der Waals surface area contributed by atoms with Crippen molar-refractivity contribution in [1.82, 2.24) is 4.98 Å². The van der Waals surface area contributed by atoms with Crippen LogP contribution >= 0.6 is 11.6 Å². The van der Waals surface area contributed by atoms with Crippen molar-refractivity contribution in [3.8, 4) is 34.3 Å². The molecule has 0 radical (unpaired) electrons. The lowest BCUT2D eigenvalue weighted by Crippen LogP contribution is -2.03. The van der Waals surface area contributed by atoms with E-state index in [0.29, 0.717) is 21.8 Å². The van der Waals surface area contributed by atoms with Gasteiger partial charge in [0.15, 0.2) is 9.84 Å². The Morgan fingerprint density at radius 2 is 1.79 bits per heavy atom. The molecule has 142 valence electrons. The van der Waals surface area contributed by atoms with Crippen molar-refractivity contribution in [3.05, 3.63) is 65.2 Å². The van der Waals surface area contributed by atoms with E-state index in [0.717, 1.165) is 5.56 Å². The Bertz CT molecular complexity index is 1170. The van der Waals surface area contributed by atoms with Gasteiger partial charge in [0, 0.05) is 16.1 Å². The molecule has 0 fully saturated rings. The van der Waals surface area contributed by atoms with E-state index in [4.69, 9.17) is 16.3 Å². The molecule has 0 atom stereocenters. The third-order valence-corrected chi connectivity index (χ3v) is 6.41. The second kappa shape index (κ2) is 8.01. The molecule has 1 aromatic heterocycles. The van der Waals surface area contributed by atoms with E-state index < -0.39 is 9.84 Å². The number of sulfone groups is 1. The quantitative estimate of drug-likeness (QED) is 0.604. The highest BCUT2D eigenvalue weighted by atomic mass is 35.5. The van der Waals surface area contributed by atoms with Gasteiger partial charge in [-0.3, -0.25) is 0 Å². The Balaban J connectivity index is 2.25. The number of aromatic nitrogens is 1. The average molecular weight is 413 g/mol. The Kier molecular flexibility index (Phi) is 5.68. The SMILES string of the molecule is CCS(=O)(=O)c1ccc(-c2cc(C#N)c(OC)nc2-c2ccccc2Cl)cc1. The fourth-order valence-electron chi connectivity index (χ4n) is 2.82. The van der Waals surface area contributed by atoms with Gasteiger partial charge in [-0.2, -0.15) is 5.26 Å². The minimum absolute atomic E-state index is 0.0277. The molecule has 0 aliphatic carbocycles. The van der Waals surface area contributed by atoms with Crippen molar-refractivity contribution in [3.63, 3.8) is 0 Å². The van der Waals surface area contributed by atoms with Crippen molar-refractivity contribution >= 4 is 21.4 Å². The summed E-state index contributed by atoms with van der Waals surface area (Å²) in [5.41, 5.74) is 2.89. The fourth-order valence-corrected chi connectivity index (χ4v) is 3.93. The van der Waals surface area contributed by atoms with Gasteiger partial charge in [0.2, 0.25) is 5.88 Å². The number of ether oxygens (including phenoxy) is 1. The largest absolute Gasteiger partial charge is 0.480 e. The van der Waals surface area contributed by atoms with E-state index in [-0.39, 0.29) is 22.1 Å². The molecular weight excluding hydrogens is 396 g/mol. The molecule has 7 heteroatoms. The molecule has 0 unspecified atom stereocenters. The molecule has 28 heavy (non-hydrogen) atoms. The van der Waals surface area contributed by atoms with E-state index in [9.17, 15) is 13.7 Å². The number of nitrogens with zero attached hydrogens (tertiary/aromatic N) is 2. The Hall–Kier alpha value is -2.88. The topological polar surface area (TPSA) is 80.0 Å². The van der Waals surface area contributed by atoms with Crippen LogP contribution in [0.5, 0.6) is 5.88 Å². The van der Waals surface area contributed by atoms with Gasteiger partial charge in [-0.1, -0.05) is 48.9 Å². The number of methoxy groups -OCH3 is 1. The lowest BCUT2D eigenvalue weighted by Gasteiger charge is -2.14. The number of hydrogen-bond acceptors (Lipinski definition) is 5. The molecule has 0 N–H and O–H groups in total. The number of rotatable bonds is 5. The minimum atomic E-state index is -3.30. The normalized spacial score (nSPS) is 11.1. The second-order valence-electron chi connectivity index (χ2n) is 5.96. The molecule has 0 amide bonds. The first-order valence-electron chi connectivity index (χ1n) is 8.48. The van der Waals surface area contributed by atoms with Gasteiger partial charge in [-0.15, -0.1) is 0 Å². The van der Waals surface area contributed by atoms with Crippen LogP contribution in [0.25, 0.3) is 22.4 Å². The molecule has 1 heterocycles. The molecule has 0 bridgehead atoms. The smallest absolute Gasteiger partial charge is 0.232 e. The first kappa shape index (κ1) is 19.9. The van der Waals surface area contributed by atoms with Crippen molar-refractivity contribution < 1.29 is 13.2 Å². The molecule has 2 aromatic carbocycles. The number of hydrogen-bond donors (Lipinski definition) is 0. The molecule has 3 aromatic rings. The molecule has 0 saturated heterocycles. The molecule has 0 spiro atoms.